The van der Waals surface area contributed by atoms with Crippen molar-refractivity contribution < 1.29 is 23.9 Å². The molecule has 0 rings (SSSR count). The van der Waals surface area contributed by atoms with Crippen molar-refractivity contribution >= 4 is 11.9 Å². The minimum Gasteiger partial charge on any atom is -0.550 e. The Morgan fingerprint density at radius 1 is 0.833 bits per heavy atom. The monoisotopic (exact) mass is 427 g/mol. The van der Waals surface area contributed by atoms with Crippen LogP contribution in [0.15, 0.2) is 0 Å². The van der Waals surface area contributed by atoms with E-state index < -0.39 is 12.1 Å². The van der Waals surface area contributed by atoms with Crippen molar-refractivity contribution in [3.8, 4) is 0 Å². The highest BCUT2D eigenvalue weighted by molar-refractivity contribution is 5.70. The molecule has 0 fully saturated rings. The number of carbonyl (C=O) groups is 2. The molecule has 178 valence electrons. The van der Waals surface area contributed by atoms with Crippen LogP contribution in [0.4, 0.5) is 0 Å². The van der Waals surface area contributed by atoms with E-state index in [0.29, 0.717) is 17.4 Å². The van der Waals surface area contributed by atoms with Crippen molar-refractivity contribution in [3.05, 3.63) is 0 Å². The van der Waals surface area contributed by atoms with E-state index in [0.717, 1.165) is 25.2 Å². The maximum absolute atomic E-state index is 12.0. The third-order valence-electron chi connectivity index (χ3n) is 5.72. The van der Waals surface area contributed by atoms with Crippen LogP contribution >= 0.6 is 0 Å². The molecule has 0 amide bonds. The van der Waals surface area contributed by atoms with E-state index in [1.165, 1.54) is 64.2 Å². The number of quaternary nitrogens is 1. The lowest BCUT2D eigenvalue weighted by Gasteiger charge is -2.29. The van der Waals surface area contributed by atoms with E-state index in [9.17, 15) is 14.7 Å². The van der Waals surface area contributed by atoms with Crippen LogP contribution in [0.3, 0.4) is 0 Å². The molecule has 0 saturated carbocycles. The second-order valence-electron chi connectivity index (χ2n) is 10.1. The first-order valence-corrected chi connectivity index (χ1v) is 12.3. The summed E-state index contributed by atoms with van der Waals surface area (Å²) in [6.45, 7) is 5.10. The number of hydrogen-bond donors (Lipinski definition) is 0. The fraction of sp³-hybridized carbons (Fsp3) is 0.920. The van der Waals surface area contributed by atoms with Gasteiger partial charge in [-0.1, -0.05) is 90.9 Å². The summed E-state index contributed by atoms with van der Waals surface area (Å²) < 4.78 is 5.93. The van der Waals surface area contributed by atoms with Crippen LogP contribution in [-0.2, 0) is 14.3 Å². The third kappa shape index (κ3) is 20.2. The van der Waals surface area contributed by atoms with Crippen molar-refractivity contribution in [2.24, 2.45) is 5.92 Å². The van der Waals surface area contributed by atoms with Crippen LogP contribution in [0.1, 0.15) is 110 Å². The van der Waals surface area contributed by atoms with Crippen LogP contribution in [0, 0.1) is 5.92 Å². The molecule has 30 heavy (non-hydrogen) atoms. The van der Waals surface area contributed by atoms with Crippen LogP contribution in [0.2, 0.25) is 0 Å². The first kappa shape index (κ1) is 28.9. The Kier molecular flexibility index (Phi) is 16.9. The van der Waals surface area contributed by atoms with Gasteiger partial charge < -0.3 is 19.1 Å². The zero-order valence-electron chi connectivity index (χ0n) is 20.5. The minimum absolute atomic E-state index is 0.237. The number of nitrogens with zero attached hydrogens (tertiary/aromatic N) is 1. The molecule has 0 heterocycles. The highest BCUT2D eigenvalue weighted by atomic mass is 16.5. The standard InChI is InChI=1S/C25H49NO4/c1-6-22(2)18-16-14-12-10-8-7-9-11-13-15-17-19-25(29)30-23(20-24(27)28)21-26(3,4)5/h22-23H,6-21H2,1-5H3. The highest BCUT2D eigenvalue weighted by Gasteiger charge is 2.22. The first-order chi connectivity index (χ1) is 14.1. The zero-order valence-corrected chi connectivity index (χ0v) is 20.5. The Morgan fingerprint density at radius 2 is 1.30 bits per heavy atom. The molecular formula is C25H49NO4. The normalized spacial score (nSPS) is 13.8. The molecule has 0 aliphatic rings. The molecule has 0 bridgehead atoms. The van der Waals surface area contributed by atoms with Crippen LogP contribution in [0.25, 0.3) is 0 Å². The van der Waals surface area contributed by atoms with Crippen LogP contribution in [0.5, 0.6) is 0 Å². The van der Waals surface area contributed by atoms with E-state index in [1.54, 1.807) is 0 Å². The summed E-state index contributed by atoms with van der Waals surface area (Å²) in [5.41, 5.74) is 0. The molecule has 0 aromatic carbocycles. The lowest BCUT2D eigenvalue weighted by atomic mass is 9.99. The number of ether oxygens (including phenoxy) is 1. The van der Waals surface area contributed by atoms with E-state index in [4.69, 9.17) is 4.74 Å². The number of hydrogen-bond acceptors (Lipinski definition) is 4. The Morgan fingerprint density at radius 3 is 1.73 bits per heavy atom. The number of rotatable bonds is 20. The average Bonchev–Trinajstić information content (AvgIpc) is 2.63. The van der Waals surface area contributed by atoms with Gasteiger partial charge in [0.1, 0.15) is 6.54 Å². The van der Waals surface area contributed by atoms with E-state index in [1.807, 2.05) is 21.1 Å². The van der Waals surface area contributed by atoms with Crippen molar-refractivity contribution in [3.63, 3.8) is 0 Å². The largest absolute Gasteiger partial charge is 0.550 e. The van der Waals surface area contributed by atoms with Gasteiger partial charge >= 0.3 is 5.97 Å². The van der Waals surface area contributed by atoms with E-state index in [2.05, 4.69) is 13.8 Å². The highest BCUT2D eigenvalue weighted by Crippen LogP contribution is 2.16. The number of carboxylic acid groups (broad SMARTS) is 1. The minimum atomic E-state index is -1.17. The van der Waals surface area contributed by atoms with Gasteiger partial charge in [-0.3, -0.25) is 4.79 Å². The SMILES string of the molecule is CCC(C)CCCCCCCCCCCCCC(=O)OC(CC(=O)[O-])C[N+](C)(C)C. The first-order valence-electron chi connectivity index (χ1n) is 12.3. The molecule has 0 saturated heterocycles. The summed E-state index contributed by atoms with van der Waals surface area (Å²) in [4.78, 5) is 22.9. The molecule has 0 aromatic heterocycles. The molecule has 0 radical (unpaired) electrons. The Labute approximate surface area is 186 Å². The van der Waals surface area contributed by atoms with Gasteiger partial charge in [0.2, 0.25) is 0 Å². The maximum atomic E-state index is 12.0. The second kappa shape index (κ2) is 17.6. The van der Waals surface area contributed by atoms with E-state index >= 15 is 0 Å². The number of carboxylic acids is 1. The molecule has 2 atom stereocenters. The van der Waals surface area contributed by atoms with Crippen molar-refractivity contribution in [1.29, 1.82) is 0 Å². The summed E-state index contributed by atoms with van der Waals surface area (Å²) in [6, 6.07) is 0. The number of esters is 1. The van der Waals surface area contributed by atoms with Crippen LogP contribution in [-0.4, -0.2) is 50.2 Å². The van der Waals surface area contributed by atoms with Gasteiger partial charge in [0.15, 0.2) is 6.10 Å². The molecule has 0 aliphatic carbocycles. The smallest absolute Gasteiger partial charge is 0.306 e. The fourth-order valence-corrected chi connectivity index (χ4v) is 3.74. The van der Waals surface area contributed by atoms with Gasteiger partial charge in [0, 0.05) is 18.8 Å². The summed E-state index contributed by atoms with van der Waals surface area (Å²) in [5, 5.41) is 10.9. The van der Waals surface area contributed by atoms with Gasteiger partial charge in [-0.25, -0.2) is 0 Å². The Balaban J connectivity index is 3.60. The van der Waals surface area contributed by atoms with Crippen molar-refractivity contribution in [1.82, 2.24) is 0 Å². The van der Waals surface area contributed by atoms with Crippen molar-refractivity contribution in [2.45, 2.75) is 116 Å². The fourth-order valence-electron chi connectivity index (χ4n) is 3.74. The topological polar surface area (TPSA) is 66.4 Å². The van der Waals surface area contributed by atoms with Gasteiger partial charge in [-0.05, 0) is 12.3 Å². The van der Waals surface area contributed by atoms with Gasteiger partial charge in [0.05, 0.1) is 21.1 Å². The number of unbranched alkanes of at least 4 members (excludes halogenated alkanes) is 10. The summed E-state index contributed by atoms with van der Waals surface area (Å²) in [7, 11) is 5.85. The number of aliphatic carboxylic acids is 1. The summed E-state index contributed by atoms with van der Waals surface area (Å²) in [5.74, 6) is -0.576. The van der Waals surface area contributed by atoms with Gasteiger partial charge in [-0.15, -0.1) is 0 Å². The summed E-state index contributed by atoms with van der Waals surface area (Å²) in [6.07, 6.45) is 15.9. The maximum Gasteiger partial charge on any atom is 0.306 e. The quantitative estimate of drug-likeness (QED) is 0.158. The molecule has 0 spiro atoms. The average molecular weight is 428 g/mol. The Bertz CT molecular complexity index is 445. The summed E-state index contributed by atoms with van der Waals surface area (Å²) >= 11 is 0. The molecule has 0 aliphatic heterocycles. The molecule has 0 aromatic rings. The van der Waals surface area contributed by atoms with Crippen LogP contribution < -0.4 is 5.11 Å². The number of carbonyl (C=O) groups excluding carboxylic acids is 2. The predicted molar refractivity (Wildman–Crippen MR) is 122 cm³/mol. The Hall–Kier alpha value is -1.10. The predicted octanol–water partition coefficient (Wildman–Crippen LogP) is 4.86. The molecule has 0 N–H and O–H groups in total. The molecule has 5 heteroatoms. The molecular weight excluding hydrogens is 378 g/mol. The second-order valence-corrected chi connectivity index (χ2v) is 10.1. The molecule has 5 nitrogen and oxygen atoms in total. The number of likely N-dealkylation sites (N-methyl/N-ethyl adjacent to an activating group) is 1. The lowest BCUT2D eigenvalue weighted by Crippen LogP contribution is -2.45. The molecule has 2 unspecified atom stereocenters. The third-order valence-corrected chi connectivity index (χ3v) is 5.72. The van der Waals surface area contributed by atoms with Gasteiger partial charge in [0.25, 0.3) is 0 Å². The van der Waals surface area contributed by atoms with Gasteiger partial charge in [-0.2, -0.15) is 0 Å². The van der Waals surface area contributed by atoms with E-state index in [-0.39, 0.29) is 12.4 Å². The zero-order chi connectivity index (χ0) is 22.8. The van der Waals surface area contributed by atoms with Crippen molar-refractivity contribution in [2.75, 3.05) is 27.7 Å². The lowest BCUT2D eigenvalue weighted by molar-refractivity contribution is -0.873.